The first-order valence-corrected chi connectivity index (χ1v) is 11.1. The van der Waals surface area contributed by atoms with E-state index in [1.807, 2.05) is 6.07 Å². The summed E-state index contributed by atoms with van der Waals surface area (Å²) in [6.45, 7) is 4.55. The molecule has 2 heterocycles. The number of aromatic nitrogens is 1. The second kappa shape index (κ2) is 7.51. The van der Waals surface area contributed by atoms with Gasteiger partial charge in [-0.05, 0) is 48.8 Å². The minimum absolute atomic E-state index is 0.0882. The molecule has 0 spiro atoms. The molecule has 1 unspecified atom stereocenters. The van der Waals surface area contributed by atoms with E-state index in [2.05, 4.69) is 30.0 Å². The predicted molar refractivity (Wildman–Crippen MR) is 112 cm³/mol. The number of benzene rings is 1. The van der Waals surface area contributed by atoms with E-state index in [0.29, 0.717) is 18.9 Å². The van der Waals surface area contributed by atoms with E-state index in [0.717, 1.165) is 44.3 Å². The standard InChI is InChI=1S/C22H31N3OS/c1-21(15-23)11-12-25(16-21)20(26)14-22(9-5-2-6-10-22)13-19-24-17-7-3-4-8-18(17)27-19/h3-4,7-8H,2,5-6,9-16,23H2,1H3. The first-order chi connectivity index (χ1) is 13.0. The first kappa shape index (κ1) is 18.9. The smallest absolute Gasteiger partial charge is 0.223 e. The molecule has 1 aliphatic carbocycles. The molecule has 1 aromatic heterocycles. The molecule has 146 valence electrons. The lowest BCUT2D eigenvalue weighted by molar-refractivity contribution is -0.133. The van der Waals surface area contributed by atoms with Crippen LogP contribution in [0.4, 0.5) is 0 Å². The van der Waals surface area contributed by atoms with Gasteiger partial charge in [-0.1, -0.05) is 38.3 Å². The molecule has 1 saturated heterocycles. The van der Waals surface area contributed by atoms with Crippen LogP contribution in [0.15, 0.2) is 24.3 Å². The number of carbonyl (C=O) groups is 1. The number of thiazole rings is 1. The zero-order chi connectivity index (χ0) is 18.9. The van der Waals surface area contributed by atoms with Crippen molar-refractivity contribution < 1.29 is 4.79 Å². The number of amides is 1. The fraction of sp³-hybridized carbons (Fsp3) is 0.636. The molecular weight excluding hydrogens is 354 g/mol. The molecule has 0 bridgehead atoms. The molecule has 2 aliphatic rings. The molecule has 4 nitrogen and oxygen atoms in total. The van der Waals surface area contributed by atoms with E-state index in [-0.39, 0.29) is 10.8 Å². The minimum atomic E-state index is 0.0882. The van der Waals surface area contributed by atoms with E-state index >= 15 is 0 Å². The molecule has 1 atom stereocenters. The number of carbonyl (C=O) groups excluding carboxylic acids is 1. The van der Waals surface area contributed by atoms with Gasteiger partial charge in [0.05, 0.1) is 15.2 Å². The highest BCUT2D eigenvalue weighted by Crippen LogP contribution is 2.44. The third kappa shape index (κ3) is 4.04. The van der Waals surface area contributed by atoms with Crippen LogP contribution < -0.4 is 5.73 Å². The van der Waals surface area contributed by atoms with Gasteiger partial charge in [-0.25, -0.2) is 4.98 Å². The minimum Gasteiger partial charge on any atom is -0.342 e. The van der Waals surface area contributed by atoms with Crippen molar-refractivity contribution in [2.45, 2.75) is 58.3 Å². The maximum atomic E-state index is 13.2. The number of nitrogens with two attached hydrogens (primary N) is 1. The van der Waals surface area contributed by atoms with E-state index in [9.17, 15) is 4.79 Å². The molecule has 1 aliphatic heterocycles. The molecule has 2 N–H and O–H groups in total. The average molecular weight is 386 g/mol. The van der Waals surface area contributed by atoms with Crippen molar-refractivity contribution in [2.75, 3.05) is 19.6 Å². The fourth-order valence-electron chi connectivity index (χ4n) is 4.87. The molecule has 1 saturated carbocycles. The molecule has 1 amide bonds. The summed E-state index contributed by atoms with van der Waals surface area (Å²) in [5.41, 5.74) is 7.21. The number of rotatable bonds is 5. The number of para-hydroxylation sites is 1. The summed E-state index contributed by atoms with van der Waals surface area (Å²) in [4.78, 5) is 20.1. The Balaban J connectivity index is 1.51. The number of nitrogens with zero attached hydrogens (tertiary/aromatic N) is 2. The van der Waals surface area contributed by atoms with E-state index < -0.39 is 0 Å². The van der Waals surface area contributed by atoms with Gasteiger partial charge in [0.1, 0.15) is 0 Å². The summed E-state index contributed by atoms with van der Waals surface area (Å²) in [6.07, 6.45) is 8.71. The van der Waals surface area contributed by atoms with Gasteiger partial charge in [-0.15, -0.1) is 11.3 Å². The molecule has 2 aromatic rings. The van der Waals surface area contributed by atoms with Crippen molar-refractivity contribution in [3.05, 3.63) is 29.3 Å². The molecule has 5 heteroatoms. The lowest BCUT2D eigenvalue weighted by atomic mass is 9.69. The second-order valence-electron chi connectivity index (χ2n) is 9.07. The summed E-state index contributed by atoms with van der Waals surface area (Å²) in [5.74, 6) is 0.329. The third-order valence-corrected chi connectivity index (χ3v) is 7.74. The van der Waals surface area contributed by atoms with Crippen LogP contribution in [-0.4, -0.2) is 35.4 Å². The molecule has 2 fully saturated rings. The van der Waals surface area contributed by atoms with Crippen molar-refractivity contribution in [1.82, 2.24) is 9.88 Å². The van der Waals surface area contributed by atoms with Crippen molar-refractivity contribution in [1.29, 1.82) is 0 Å². The van der Waals surface area contributed by atoms with Crippen LogP contribution in [0.3, 0.4) is 0 Å². The molecule has 0 radical (unpaired) electrons. The normalized spacial score (nSPS) is 25.2. The predicted octanol–water partition coefficient (Wildman–Crippen LogP) is 4.38. The van der Waals surface area contributed by atoms with Gasteiger partial charge < -0.3 is 10.6 Å². The highest BCUT2D eigenvalue weighted by atomic mass is 32.1. The second-order valence-corrected chi connectivity index (χ2v) is 10.2. The fourth-order valence-corrected chi connectivity index (χ4v) is 6.01. The van der Waals surface area contributed by atoms with Crippen molar-refractivity contribution in [2.24, 2.45) is 16.6 Å². The SMILES string of the molecule is CC1(CN)CCN(C(=O)CC2(Cc3nc4ccccc4s3)CCCCC2)C1. The van der Waals surface area contributed by atoms with Crippen LogP contribution in [0.1, 0.15) is 56.9 Å². The van der Waals surface area contributed by atoms with E-state index in [4.69, 9.17) is 10.7 Å². The van der Waals surface area contributed by atoms with E-state index in [1.165, 1.54) is 29.0 Å². The van der Waals surface area contributed by atoms with E-state index in [1.54, 1.807) is 11.3 Å². The number of hydrogen-bond donors (Lipinski definition) is 1. The van der Waals surface area contributed by atoms with Crippen molar-refractivity contribution in [3.8, 4) is 0 Å². The average Bonchev–Trinajstić information content (AvgIpc) is 3.26. The van der Waals surface area contributed by atoms with Gasteiger partial charge in [0, 0.05) is 25.9 Å². The molecule has 4 rings (SSSR count). The van der Waals surface area contributed by atoms with Gasteiger partial charge >= 0.3 is 0 Å². The Labute approximate surface area is 166 Å². The van der Waals surface area contributed by atoms with Gasteiger partial charge in [0.15, 0.2) is 0 Å². The lowest BCUT2D eigenvalue weighted by Crippen LogP contribution is -2.39. The van der Waals surface area contributed by atoms with Gasteiger partial charge in [-0.2, -0.15) is 0 Å². The summed E-state index contributed by atoms with van der Waals surface area (Å²) in [7, 11) is 0. The summed E-state index contributed by atoms with van der Waals surface area (Å²) in [6, 6.07) is 8.36. The summed E-state index contributed by atoms with van der Waals surface area (Å²) >= 11 is 1.80. The topological polar surface area (TPSA) is 59.2 Å². The number of hydrogen-bond acceptors (Lipinski definition) is 4. The zero-order valence-corrected chi connectivity index (χ0v) is 17.2. The Kier molecular flexibility index (Phi) is 5.26. The first-order valence-electron chi connectivity index (χ1n) is 10.3. The Morgan fingerprint density at radius 3 is 2.70 bits per heavy atom. The van der Waals surface area contributed by atoms with Gasteiger partial charge in [0.2, 0.25) is 5.91 Å². The highest BCUT2D eigenvalue weighted by molar-refractivity contribution is 7.18. The highest BCUT2D eigenvalue weighted by Gasteiger charge is 2.40. The number of fused-ring (bicyclic) bond motifs is 1. The molecule has 1 aromatic carbocycles. The van der Waals surface area contributed by atoms with Crippen molar-refractivity contribution in [3.63, 3.8) is 0 Å². The monoisotopic (exact) mass is 385 g/mol. The van der Waals surface area contributed by atoms with Crippen LogP contribution in [-0.2, 0) is 11.2 Å². The lowest BCUT2D eigenvalue weighted by Gasteiger charge is -2.37. The summed E-state index contributed by atoms with van der Waals surface area (Å²) in [5, 5.41) is 1.19. The third-order valence-electron chi connectivity index (χ3n) is 6.71. The Hall–Kier alpha value is -1.46. The van der Waals surface area contributed by atoms with Gasteiger partial charge in [0.25, 0.3) is 0 Å². The largest absolute Gasteiger partial charge is 0.342 e. The Morgan fingerprint density at radius 1 is 1.22 bits per heavy atom. The molecule has 27 heavy (non-hydrogen) atoms. The Morgan fingerprint density at radius 2 is 2.00 bits per heavy atom. The molecular formula is C22H31N3OS. The van der Waals surface area contributed by atoms with Crippen LogP contribution >= 0.6 is 11.3 Å². The summed E-state index contributed by atoms with van der Waals surface area (Å²) < 4.78 is 1.25. The van der Waals surface area contributed by atoms with Crippen molar-refractivity contribution >= 4 is 27.5 Å². The van der Waals surface area contributed by atoms with Gasteiger partial charge in [-0.3, -0.25) is 4.79 Å². The van der Waals surface area contributed by atoms with Crippen LogP contribution in [0.25, 0.3) is 10.2 Å². The quantitative estimate of drug-likeness (QED) is 0.831. The maximum Gasteiger partial charge on any atom is 0.223 e. The van der Waals surface area contributed by atoms with Crippen LogP contribution in [0.2, 0.25) is 0 Å². The Bertz CT molecular complexity index is 778. The van der Waals surface area contributed by atoms with Crippen LogP contribution in [0, 0.1) is 10.8 Å². The maximum absolute atomic E-state index is 13.2. The van der Waals surface area contributed by atoms with Crippen LogP contribution in [0.5, 0.6) is 0 Å². The zero-order valence-electron chi connectivity index (χ0n) is 16.4. The number of likely N-dealkylation sites (tertiary alicyclic amines) is 1.